The van der Waals surface area contributed by atoms with Gasteiger partial charge in [0.1, 0.15) is 11.4 Å². The van der Waals surface area contributed by atoms with Crippen molar-refractivity contribution in [1.29, 1.82) is 0 Å². The quantitative estimate of drug-likeness (QED) is 0.346. The Morgan fingerprint density at radius 3 is 2.26 bits per heavy atom. The maximum Gasteiger partial charge on any atom is 0.318 e. The van der Waals surface area contributed by atoms with Crippen LogP contribution < -0.4 is 15.4 Å². The molecule has 10 nitrogen and oxygen atoms in total. The molecule has 3 rings (SSSR count). The maximum atomic E-state index is 11.6. The molecule has 0 aliphatic carbocycles. The van der Waals surface area contributed by atoms with Gasteiger partial charge in [0, 0.05) is 6.07 Å². The highest BCUT2D eigenvalue weighted by molar-refractivity contribution is 7.80. The van der Waals surface area contributed by atoms with Gasteiger partial charge in [-0.15, -0.1) is 0 Å². The Labute approximate surface area is 156 Å². The third kappa shape index (κ3) is 4.04. The molecule has 1 saturated heterocycles. The van der Waals surface area contributed by atoms with Crippen LogP contribution in [0, 0.1) is 20.2 Å². The van der Waals surface area contributed by atoms with Crippen LogP contribution in [-0.4, -0.2) is 20.9 Å². The molecule has 0 spiro atoms. The summed E-state index contributed by atoms with van der Waals surface area (Å²) >= 11 is 4.84. The normalized spacial score (nSPS) is 14.6. The van der Waals surface area contributed by atoms with E-state index in [-0.39, 0.29) is 22.5 Å². The van der Waals surface area contributed by atoms with Crippen LogP contribution in [0.3, 0.4) is 0 Å². The fraction of sp³-hybridized carbons (Fsp3) is 0. The topological polar surface area (TPSA) is 137 Å². The van der Waals surface area contributed by atoms with Crippen LogP contribution in [0.2, 0.25) is 0 Å². The molecule has 0 unspecified atom stereocenters. The number of hydrogen-bond acceptors (Lipinski definition) is 7. The fourth-order valence-corrected chi connectivity index (χ4v) is 2.46. The Hall–Kier alpha value is -3.86. The van der Waals surface area contributed by atoms with Crippen molar-refractivity contribution in [2.75, 3.05) is 0 Å². The molecule has 27 heavy (non-hydrogen) atoms. The van der Waals surface area contributed by atoms with Crippen molar-refractivity contribution in [1.82, 2.24) is 10.6 Å². The van der Waals surface area contributed by atoms with Gasteiger partial charge in [0.05, 0.1) is 15.9 Å². The number of benzene rings is 2. The summed E-state index contributed by atoms with van der Waals surface area (Å²) in [5.41, 5.74) is 0.0367. The Morgan fingerprint density at radius 1 is 1.00 bits per heavy atom. The number of nitrogens with one attached hydrogen (secondary N) is 2. The van der Waals surface area contributed by atoms with Crippen LogP contribution in [0.4, 0.5) is 11.4 Å². The zero-order valence-electron chi connectivity index (χ0n) is 13.4. The highest BCUT2D eigenvalue weighted by Gasteiger charge is 2.22. The number of hydrogen-bond donors (Lipinski definition) is 2. The van der Waals surface area contributed by atoms with E-state index in [1.165, 1.54) is 6.07 Å². The Morgan fingerprint density at radius 2 is 1.70 bits per heavy atom. The van der Waals surface area contributed by atoms with Crippen molar-refractivity contribution < 1.29 is 19.4 Å². The molecule has 1 heterocycles. The van der Waals surface area contributed by atoms with Crippen molar-refractivity contribution in [3.8, 4) is 11.5 Å². The first-order chi connectivity index (χ1) is 12.8. The average molecular weight is 386 g/mol. The molecule has 2 aromatic carbocycles. The summed E-state index contributed by atoms with van der Waals surface area (Å²) in [6.45, 7) is 0. The summed E-state index contributed by atoms with van der Waals surface area (Å²) < 4.78 is 5.47. The van der Waals surface area contributed by atoms with Crippen LogP contribution in [0.5, 0.6) is 11.5 Å². The smallest absolute Gasteiger partial charge is 0.318 e. The molecule has 11 heteroatoms. The molecule has 2 aromatic rings. The van der Waals surface area contributed by atoms with Crippen molar-refractivity contribution >= 4 is 40.7 Å². The van der Waals surface area contributed by atoms with Crippen molar-refractivity contribution in [3.05, 3.63) is 74.0 Å². The number of rotatable bonds is 5. The zero-order valence-corrected chi connectivity index (χ0v) is 14.2. The van der Waals surface area contributed by atoms with E-state index in [2.05, 4.69) is 10.6 Å². The molecule has 0 radical (unpaired) electrons. The second kappa shape index (κ2) is 7.17. The van der Waals surface area contributed by atoms with E-state index in [0.29, 0.717) is 11.3 Å². The number of nitrogens with zero attached hydrogens (tertiary/aromatic N) is 2. The van der Waals surface area contributed by atoms with Gasteiger partial charge in [0.2, 0.25) is 5.75 Å². The number of nitro benzene ring substituents is 2. The van der Waals surface area contributed by atoms with E-state index in [1.807, 2.05) is 0 Å². The minimum Gasteiger partial charge on any atom is -0.450 e. The Balaban J connectivity index is 1.82. The van der Waals surface area contributed by atoms with Gasteiger partial charge >= 0.3 is 5.69 Å². The van der Waals surface area contributed by atoms with Gasteiger partial charge in [-0.05, 0) is 42.1 Å². The lowest BCUT2D eigenvalue weighted by Gasteiger charge is -2.06. The van der Waals surface area contributed by atoms with Crippen molar-refractivity contribution in [2.45, 2.75) is 0 Å². The highest BCUT2D eigenvalue weighted by Crippen LogP contribution is 2.34. The summed E-state index contributed by atoms with van der Waals surface area (Å²) in [4.78, 5) is 32.0. The molecule has 0 atom stereocenters. The lowest BCUT2D eigenvalue weighted by Crippen LogP contribution is -2.21. The lowest BCUT2D eigenvalue weighted by molar-refractivity contribution is -0.394. The van der Waals surface area contributed by atoms with Gasteiger partial charge in [-0.1, -0.05) is 12.1 Å². The van der Waals surface area contributed by atoms with E-state index >= 15 is 0 Å². The number of nitro groups is 2. The largest absolute Gasteiger partial charge is 0.450 e. The van der Waals surface area contributed by atoms with Crippen LogP contribution in [0.15, 0.2) is 48.2 Å². The first-order valence-corrected chi connectivity index (χ1v) is 7.79. The summed E-state index contributed by atoms with van der Waals surface area (Å²) in [5.74, 6) is -0.186. The summed E-state index contributed by atoms with van der Waals surface area (Å²) in [5, 5.41) is 27.3. The zero-order chi connectivity index (χ0) is 19.6. The van der Waals surface area contributed by atoms with E-state index in [0.717, 1.165) is 12.1 Å². The molecular formula is C16H10N4O6S. The molecule has 136 valence electrons. The predicted molar refractivity (Wildman–Crippen MR) is 98.1 cm³/mol. The molecule has 1 aliphatic heterocycles. The first-order valence-electron chi connectivity index (χ1n) is 7.38. The monoisotopic (exact) mass is 386 g/mol. The Bertz CT molecular complexity index is 1000. The minimum atomic E-state index is -0.756. The van der Waals surface area contributed by atoms with Crippen LogP contribution in [0.25, 0.3) is 6.08 Å². The summed E-state index contributed by atoms with van der Waals surface area (Å²) in [6.07, 6.45) is 1.58. The Kier molecular flexibility index (Phi) is 4.77. The molecule has 0 aromatic heterocycles. The predicted octanol–water partition coefficient (Wildman–Crippen LogP) is 2.64. The van der Waals surface area contributed by atoms with E-state index < -0.39 is 21.2 Å². The standard InChI is InChI=1S/C16H10N4O6S/c21-15-12(17-16(27)18-15)7-9-1-4-11(5-2-9)26-14-6-3-10(19(22)23)8-13(14)20(24)25/h1-8H,(H2,17,18,21,27). The third-order valence-corrected chi connectivity index (χ3v) is 3.69. The SMILES string of the molecule is O=C1NC(=S)NC1=Cc1ccc(Oc2ccc([N+](=O)[O-])cc2[N+](=O)[O-])cc1. The van der Waals surface area contributed by atoms with E-state index in [4.69, 9.17) is 17.0 Å². The molecule has 1 aliphatic rings. The van der Waals surface area contributed by atoms with Gasteiger partial charge in [-0.3, -0.25) is 30.3 Å². The third-order valence-electron chi connectivity index (χ3n) is 3.49. The number of carbonyl (C=O) groups excluding carboxylic acids is 1. The van der Waals surface area contributed by atoms with Gasteiger partial charge < -0.3 is 10.1 Å². The van der Waals surface area contributed by atoms with Gasteiger partial charge in [0.15, 0.2) is 5.11 Å². The highest BCUT2D eigenvalue weighted by atomic mass is 32.1. The van der Waals surface area contributed by atoms with Crippen LogP contribution >= 0.6 is 12.2 Å². The second-order valence-corrected chi connectivity index (χ2v) is 5.71. The fourth-order valence-electron chi connectivity index (χ4n) is 2.26. The average Bonchev–Trinajstić information content (AvgIpc) is 2.93. The van der Waals surface area contributed by atoms with Crippen LogP contribution in [-0.2, 0) is 4.79 Å². The maximum absolute atomic E-state index is 11.6. The van der Waals surface area contributed by atoms with Gasteiger partial charge in [0.25, 0.3) is 11.6 Å². The van der Waals surface area contributed by atoms with Crippen molar-refractivity contribution in [3.63, 3.8) is 0 Å². The van der Waals surface area contributed by atoms with E-state index in [9.17, 15) is 25.0 Å². The molecule has 0 saturated carbocycles. The molecule has 2 N–H and O–H groups in total. The number of thiocarbonyl (C=S) groups is 1. The van der Waals surface area contributed by atoms with E-state index in [1.54, 1.807) is 30.3 Å². The molecule has 1 amide bonds. The lowest BCUT2D eigenvalue weighted by atomic mass is 10.2. The first kappa shape index (κ1) is 17.9. The number of non-ortho nitro benzene ring substituents is 1. The van der Waals surface area contributed by atoms with Gasteiger partial charge in [-0.2, -0.15) is 0 Å². The number of carbonyl (C=O) groups is 1. The molecular weight excluding hydrogens is 376 g/mol. The second-order valence-electron chi connectivity index (χ2n) is 5.30. The van der Waals surface area contributed by atoms with Crippen molar-refractivity contribution in [2.24, 2.45) is 0 Å². The summed E-state index contributed by atoms with van der Waals surface area (Å²) in [7, 11) is 0. The minimum absolute atomic E-state index is 0.126. The number of amides is 1. The number of ether oxygens (including phenoxy) is 1. The van der Waals surface area contributed by atoms with Gasteiger partial charge in [-0.25, -0.2) is 0 Å². The molecule has 1 fully saturated rings. The molecule has 0 bridgehead atoms. The van der Waals surface area contributed by atoms with Crippen LogP contribution in [0.1, 0.15) is 5.56 Å². The summed E-state index contributed by atoms with van der Waals surface area (Å²) in [6, 6.07) is 9.48.